The van der Waals surface area contributed by atoms with Crippen LogP contribution in [0.5, 0.6) is 5.75 Å². The van der Waals surface area contributed by atoms with E-state index in [1.807, 2.05) is 30.3 Å². The molecule has 0 amide bonds. The molecule has 1 heterocycles. The van der Waals surface area contributed by atoms with Crippen molar-refractivity contribution in [2.75, 3.05) is 5.73 Å². The molecule has 0 aliphatic heterocycles. The average molecular weight is 285 g/mol. The number of ether oxygens (including phenoxy) is 1. The molecule has 1 aromatic heterocycles. The van der Waals surface area contributed by atoms with Crippen LogP contribution in [0.15, 0.2) is 54.7 Å². The first kappa shape index (κ1) is 12.8. The van der Waals surface area contributed by atoms with Gasteiger partial charge in [0.05, 0.1) is 11.2 Å². The molecule has 0 saturated carbocycles. The van der Waals surface area contributed by atoms with Gasteiger partial charge in [-0.25, -0.2) is 0 Å². The van der Waals surface area contributed by atoms with Crippen molar-refractivity contribution in [1.29, 1.82) is 0 Å². The number of para-hydroxylation sites is 1. The summed E-state index contributed by atoms with van der Waals surface area (Å²) in [6, 6.07) is 15.2. The lowest BCUT2D eigenvalue weighted by Crippen LogP contribution is -2.00. The lowest BCUT2D eigenvalue weighted by atomic mass is 10.1. The van der Waals surface area contributed by atoms with E-state index in [9.17, 15) is 0 Å². The molecule has 4 heteroatoms. The topological polar surface area (TPSA) is 48.1 Å². The van der Waals surface area contributed by atoms with Crippen LogP contribution in [0.3, 0.4) is 0 Å². The van der Waals surface area contributed by atoms with Gasteiger partial charge in [0.15, 0.2) is 0 Å². The van der Waals surface area contributed by atoms with Crippen LogP contribution in [0.25, 0.3) is 10.9 Å². The monoisotopic (exact) mass is 284 g/mol. The molecule has 3 nitrogen and oxygen atoms in total. The normalized spacial score (nSPS) is 10.7. The van der Waals surface area contributed by atoms with Crippen LogP contribution >= 0.6 is 11.6 Å². The predicted octanol–water partition coefficient (Wildman–Crippen LogP) is 4.05. The van der Waals surface area contributed by atoms with Crippen molar-refractivity contribution >= 4 is 28.2 Å². The fourth-order valence-corrected chi connectivity index (χ4v) is 2.27. The summed E-state index contributed by atoms with van der Waals surface area (Å²) < 4.78 is 5.76. The SMILES string of the molecule is Nc1cc(Cl)ccc1OCc1cccc2cccnc12. The highest BCUT2D eigenvalue weighted by atomic mass is 35.5. The van der Waals surface area contributed by atoms with Gasteiger partial charge in [-0.15, -0.1) is 0 Å². The minimum Gasteiger partial charge on any atom is -0.487 e. The fraction of sp³-hybridized carbons (Fsp3) is 0.0625. The Labute approximate surface area is 122 Å². The van der Waals surface area contributed by atoms with Crippen LogP contribution in [-0.2, 0) is 6.61 Å². The van der Waals surface area contributed by atoms with Gasteiger partial charge in [-0.1, -0.05) is 35.9 Å². The molecular weight excluding hydrogens is 272 g/mol. The van der Waals surface area contributed by atoms with E-state index in [1.165, 1.54) is 0 Å². The number of nitrogens with two attached hydrogens (primary N) is 1. The third-order valence-electron chi connectivity index (χ3n) is 3.07. The van der Waals surface area contributed by atoms with Crippen molar-refractivity contribution in [3.8, 4) is 5.75 Å². The maximum absolute atomic E-state index is 5.87. The van der Waals surface area contributed by atoms with E-state index in [4.69, 9.17) is 22.1 Å². The highest BCUT2D eigenvalue weighted by Crippen LogP contribution is 2.26. The first-order valence-electron chi connectivity index (χ1n) is 6.24. The summed E-state index contributed by atoms with van der Waals surface area (Å²) in [6.07, 6.45) is 1.78. The van der Waals surface area contributed by atoms with Crippen LogP contribution in [0, 0.1) is 0 Å². The van der Waals surface area contributed by atoms with Crippen molar-refractivity contribution in [2.24, 2.45) is 0 Å². The van der Waals surface area contributed by atoms with Gasteiger partial charge >= 0.3 is 0 Å². The second-order valence-electron chi connectivity index (χ2n) is 4.46. The van der Waals surface area contributed by atoms with Gasteiger partial charge in [0.2, 0.25) is 0 Å². The molecule has 0 saturated heterocycles. The van der Waals surface area contributed by atoms with Crippen molar-refractivity contribution < 1.29 is 4.74 Å². The third kappa shape index (κ3) is 2.53. The van der Waals surface area contributed by atoms with E-state index in [2.05, 4.69) is 4.98 Å². The van der Waals surface area contributed by atoms with Crippen molar-refractivity contribution in [2.45, 2.75) is 6.61 Å². The molecule has 20 heavy (non-hydrogen) atoms. The van der Waals surface area contributed by atoms with E-state index in [0.29, 0.717) is 23.1 Å². The Balaban J connectivity index is 1.87. The largest absolute Gasteiger partial charge is 0.487 e. The van der Waals surface area contributed by atoms with E-state index in [1.54, 1.807) is 24.4 Å². The Morgan fingerprint density at radius 1 is 1.10 bits per heavy atom. The molecule has 0 bridgehead atoms. The number of hydrogen-bond donors (Lipinski definition) is 1. The summed E-state index contributed by atoms with van der Waals surface area (Å²) in [5, 5.41) is 1.69. The highest BCUT2D eigenvalue weighted by Gasteiger charge is 2.05. The number of aromatic nitrogens is 1. The second-order valence-corrected chi connectivity index (χ2v) is 4.90. The Hall–Kier alpha value is -2.26. The minimum atomic E-state index is 0.417. The van der Waals surface area contributed by atoms with Crippen LogP contribution in [0.1, 0.15) is 5.56 Å². The number of benzene rings is 2. The van der Waals surface area contributed by atoms with Gasteiger partial charge < -0.3 is 10.5 Å². The standard InChI is InChI=1S/C16H13ClN2O/c17-13-6-7-15(14(18)9-13)20-10-12-4-1-3-11-5-2-8-19-16(11)12/h1-9H,10,18H2. The molecular formula is C16H13ClN2O. The molecule has 2 N–H and O–H groups in total. The molecule has 2 aromatic carbocycles. The predicted molar refractivity (Wildman–Crippen MR) is 81.9 cm³/mol. The van der Waals surface area contributed by atoms with Crippen molar-refractivity contribution in [3.63, 3.8) is 0 Å². The number of halogens is 1. The lowest BCUT2D eigenvalue weighted by Gasteiger charge is -2.10. The van der Waals surface area contributed by atoms with Crippen LogP contribution in [-0.4, -0.2) is 4.98 Å². The third-order valence-corrected chi connectivity index (χ3v) is 3.31. The van der Waals surface area contributed by atoms with Crippen LogP contribution in [0.4, 0.5) is 5.69 Å². The lowest BCUT2D eigenvalue weighted by molar-refractivity contribution is 0.309. The van der Waals surface area contributed by atoms with Gasteiger partial charge in [-0.05, 0) is 24.3 Å². The smallest absolute Gasteiger partial charge is 0.142 e. The van der Waals surface area contributed by atoms with Gasteiger partial charge in [-0.3, -0.25) is 4.98 Å². The van der Waals surface area contributed by atoms with E-state index < -0.39 is 0 Å². The molecule has 100 valence electrons. The summed E-state index contributed by atoms with van der Waals surface area (Å²) in [6.45, 7) is 0.417. The average Bonchev–Trinajstić information content (AvgIpc) is 2.46. The Kier molecular flexibility index (Phi) is 3.44. The zero-order valence-corrected chi connectivity index (χ0v) is 11.5. The van der Waals surface area contributed by atoms with Crippen LogP contribution in [0.2, 0.25) is 5.02 Å². The zero-order valence-electron chi connectivity index (χ0n) is 10.7. The number of rotatable bonds is 3. The molecule has 0 unspecified atom stereocenters. The van der Waals surface area contributed by atoms with Crippen LogP contribution < -0.4 is 10.5 Å². The summed E-state index contributed by atoms with van der Waals surface area (Å²) in [7, 11) is 0. The van der Waals surface area contributed by atoms with E-state index in [0.717, 1.165) is 16.5 Å². The first-order chi connectivity index (χ1) is 9.74. The van der Waals surface area contributed by atoms with Crippen molar-refractivity contribution in [3.05, 3.63) is 65.3 Å². The maximum atomic E-state index is 5.87. The first-order valence-corrected chi connectivity index (χ1v) is 6.62. The zero-order chi connectivity index (χ0) is 13.9. The number of hydrogen-bond acceptors (Lipinski definition) is 3. The number of anilines is 1. The quantitative estimate of drug-likeness (QED) is 0.738. The number of nitrogen functional groups attached to an aromatic ring is 1. The number of fused-ring (bicyclic) bond motifs is 1. The fourth-order valence-electron chi connectivity index (χ4n) is 2.09. The maximum Gasteiger partial charge on any atom is 0.142 e. The van der Waals surface area contributed by atoms with E-state index in [-0.39, 0.29) is 0 Å². The highest BCUT2D eigenvalue weighted by molar-refractivity contribution is 6.30. The molecule has 0 fully saturated rings. The summed E-state index contributed by atoms with van der Waals surface area (Å²) in [4.78, 5) is 4.40. The second kappa shape index (κ2) is 5.39. The number of pyridine rings is 1. The van der Waals surface area contributed by atoms with Crippen molar-refractivity contribution in [1.82, 2.24) is 4.98 Å². The summed E-state index contributed by atoms with van der Waals surface area (Å²) in [5.74, 6) is 0.627. The molecule has 0 spiro atoms. The molecule has 0 aliphatic carbocycles. The molecule has 0 atom stereocenters. The molecule has 3 rings (SSSR count). The Morgan fingerprint density at radius 2 is 1.95 bits per heavy atom. The minimum absolute atomic E-state index is 0.417. The van der Waals surface area contributed by atoms with Gasteiger partial charge in [0.25, 0.3) is 0 Å². The summed E-state index contributed by atoms with van der Waals surface area (Å²) >= 11 is 5.87. The molecule has 3 aromatic rings. The summed E-state index contributed by atoms with van der Waals surface area (Å²) in [5.41, 5.74) is 8.38. The van der Waals surface area contributed by atoms with Gasteiger partial charge in [0.1, 0.15) is 12.4 Å². The van der Waals surface area contributed by atoms with Gasteiger partial charge in [0, 0.05) is 22.2 Å². The molecule has 0 radical (unpaired) electrons. The Bertz CT molecular complexity index is 753. The Morgan fingerprint density at radius 3 is 2.80 bits per heavy atom. The molecule has 0 aliphatic rings. The number of nitrogens with zero attached hydrogens (tertiary/aromatic N) is 1. The van der Waals surface area contributed by atoms with E-state index >= 15 is 0 Å². The van der Waals surface area contributed by atoms with Gasteiger partial charge in [-0.2, -0.15) is 0 Å².